The van der Waals surface area contributed by atoms with Gasteiger partial charge in [-0.2, -0.15) is 5.10 Å². The maximum absolute atomic E-state index is 12.3. The van der Waals surface area contributed by atoms with Gasteiger partial charge in [0.2, 0.25) is 0 Å². The van der Waals surface area contributed by atoms with Crippen LogP contribution in [0, 0.1) is 0 Å². The van der Waals surface area contributed by atoms with Crippen molar-refractivity contribution in [2.24, 2.45) is 7.05 Å². The maximum Gasteiger partial charge on any atom is 0.257 e. The molecule has 102 valence electrons. The molecule has 0 aliphatic heterocycles. The fourth-order valence-corrected chi connectivity index (χ4v) is 2.49. The monoisotopic (exact) mass is 317 g/mol. The Bertz CT molecular complexity index is 406. The minimum absolute atomic E-state index is 0.000466. The zero-order valence-electron chi connectivity index (χ0n) is 11.3. The Labute approximate surface area is 116 Å². The third-order valence-electron chi connectivity index (χ3n) is 2.64. The lowest BCUT2D eigenvalue weighted by Crippen LogP contribution is -2.34. The van der Waals surface area contributed by atoms with E-state index in [-0.39, 0.29) is 10.7 Å². The van der Waals surface area contributed by atoms with E-state index in [4.69, 9.17) is 4.74 Å². The van der Waals surface area contributed by atoms with Gasteiger partial charge in [0.25, 0.3) is 5.91 Å². The van der Waals surface area contributed by atoms with Crippen LogP contribution in [0.5, 0.6) is 0 Å². The lowest BCUT2D eigenvalue weighted by molar-refractivity contribution is 0.0783. The zero-order valence-corrected chi connectivity index (χ0v) is 12.9. The first-order valence-corrected chi connectivity index (χ1v) is 6.82. The van der Waals surface area contributed by atoms with Crippen LogP contribution < -0.4 is 0 Å². The van der Waals surface area contributed by atoms with E-state index in [9.17, 15) is 4.79 Å². The number of alkyl halides is 1. The van der Waals surface area contributed by atoms with Gasteiger partial charge in [0, 0.05) is 33.9 Å². The number of hydrogen-bond acceptors (Lipinski definition) is 3. The first-order valence-electron chi connectivity index (χ1n) is 5.90. The van der Waals surface area contributed by atoms with E-state index >= 15 is 0 Å². The first-order chi connectivity index (χ1) is 8.49. The Balaban J connectivity index is 2.73. The van der Waals surface area contributed by atoms with Crippen LogP contribution in [0.2, 0.25) is 0 Å². The molecule has 1 aromatic heterocycles. The molecule has 0 aliphatic carbocycles. The molecule has 0 spiro atoms. The molecule has 5 nitrogen and oxygen atoms in total. The Morgan fingerprint density at radius 3 is 2.89 bits per heavy atom. The molecule has 0 radical (unpaired) electrons. The molecule has 0 aromatic carbocycles. The molecule has 1 atom stereocenters. The number of aryl methyl sites for hydroxylation is 2. The summed E-state index contributed by atoms with van der Waals surface area (Å²) in [6, 6.07) is 0. The fraction of sp³-hybridized carbons (Fsp3) is 0.667. The maximum atomic E-state index is 12.3. The van der Waals surface area contributed by atoms with Crippen molar-refractivity contribution < 1.29 is 9.53 Å². The molecule has 0 saturated heterocycles. The van der Waals surface area contributed by atoms with Crippen LogP contribution in [-0.4, -0.2) is 52.7 Å². The van der Waals surface area contributed by atoms with Crippen LogP contribution in [0.4, 0.5) is 0 Å². The molecule has 0 aliphatic rings. The lowest BCUT2D eigenvalue weighted by Gasteiger charge is -2.20. The van der Waals surface area contributed by atoms with E-state index in [0.29, 0.717) is 18.7 Å². The molecule has 1 unspecified atom stereocenters. The van der Waals surface area contributed by atoms with Gasteiger partial charge in [-0.1, -0.05) is 22.9 Å². The minimum atomic E-state index is 0.000466. The SMILES string of the molecule is CCc1nn(C)cc1C(=O)N(C)CC(Br)COC. The summed E-state index contributed by atoms with van der Waals surface area (Å²) in [6.07, 6.45) is 2.53. The number of amides is 1. The van der Waals surface area contributed by atoms with Crippen LogP contribution in [0.3, 0.4) is 0 Å². The number of hydrogen-bond donors (Lipinski definition) is 0. The van der Waals surface area contributed by atoms with E-state index in [0.717, 1.165) is 12.1 Å². The van der Waals surface area contributed by atoms with Crippen molar-refractivity contribution >= 4 is 21.8 Å². The summed E-state index contributed by atoms with van der Waals surface area (Å²) in [6.45, 7) is 3.17. The van der Waals surface area contributed by atoms with E-state index < -0.39 is 0 Å². The average Bonchev–Trinajstić information content (AvgIpc) is 2.69. The van der Waals surface area contributed by atoms with Crippen LogP contribution in [0.15, 0.2) is 6.20 Å². The quantitative estimate of drug-likeness (QED) is 0.746. The molecule has 0 bridgehead atoms. The van der Waals surface area contributed by atoms with Crippen molar-refractivity contribution in [2.45, 2.75) is 18.2 Å². The summed E-state index contributed by atoms with van der Waals surface area (Å²) in [5.41, 5.74) is 1.52. The summed E-state index contributed by atoms with van der Waals surface area (Å²) in [7, 11) is 5.26. The van der Waals surface area contributed by atoms with Crippen LogP contribution in [0.1, 0.15) is 23.0 Å². The number of halogens is 1. The second-order valence-corrected chi connectivity index (χ2v) is 5.55. The predicted octanol–water partition coefficient (Wildman–Crippen LogP) is 1.46. The number of methoxy groups -OCH3 is 1. The number of ether oxygens (including phenoxy) is 1. The molecule has 1 rings (SSSR count). The Kier molecular flexibility index (Phi) is 5.81. The Morgan fingerprint density at radius 1 is 1.67 bits per heavy atom. The van der Waals surface area contributed by atoms with Crippen molar-refractivity contribution in [3.8, 4) is 0 Å². The van der Waals surface area contributed by atoms with Gasteiger partial charge in [-0.15, -0.1) is 0 Å². The number of rotatable bonds is 6. The Morgan fingerprint density at radius 2 is 2.33 bits per heavy atom. The van der Waals surface area contributed by atoms with Crippen molar-refractivity contribution in [1.29, 1.82) is 0 Å². The van der Waals surface area contributed by atoms with Crippen molar-refractivity contribution in [3.05, 3.63) is 17.5 Å². The van der Waals surface area contributed by atoms with Crippen molar-refractivity contribution in [1.82, 2.24) is 14.7 Å². The van der Waals surface area contributed by atoms with E-state index in [1.54, 1.807) is 29.9 Å². The molecule has 0 fully saturated rings. The van der Waals surface area contributed by atoms with E-state index in [2.05, 4.69) is 21.0 Å². The van der Waals surface area contributed by atoms with Crippen molar-refractivity contribution in [3.63, 3.8) is 0 Å². The third-order valence-corrected chi connectivity index (χ3v) is 3.19. The Hall–Kier alpha value is -0.880. The van der Waals surface area contributed by atoms with Crippen LogP contribution in [0.25, 0.3) is 0 Å². The van der Waals surface area contributed by atoms with Gasteiger partial charge in [-0.25, -0.2) is 0 Å². The number of carbonyl (C=O) groups excluding carboxylic acids is 1. The fourth-order valence-electron chi connectivity index (χ4n) is 1.79. The predicted molar refractivity (Wildman–Crippen MR) is 74.1 cm³/mol. The van der Waals surface area contributed by atoms with Gasteiger partial charge in [0.15, 0.2) is 0 Å². The molecular weight excluding hydrogens is 298 g/mol. The molecule has 0 N–H and O–H groups in total. The highest BCUT2D eigenvalue weighted by atomic mass is 79.9. The zero-order chi connectivity index (χ0) is 13.7. The number of aromatic nitrogens is 2. The summed E-state index contributed by atoms with van der Waals surface area (Å²) < 4.78 is 6.72. The van der Waals surface area contributed by atoms with E-state index in [1.165, 1.54) is 0 Å². The minimum Gasteiger partial charge on any atom is -0.383 e. The van der Waals surface area contributed by atoms with E-state index in [1.807, 2.05) is 14.0 Å². The van der Waals surface area contributed by atoms with Gasteiger partial charge < -0.3 is 9.64 Å². The van der Waals surface area contributed by atoms with Crippen LogP contribution >= 0.6 is 15.9 Å². The summed E-state index contributed by atoms with van der Waals surface area (Å²) in [5, 5.41) is 4.28. The normalized spacial score (nSPS) is 12.5. The second-order valence-electron chi connectivity index (χ2n) is 4.25. The molecule has 18 heavy (non-hydrogen) atoms. The highest BCUT2D eigenvalue weighted by molar-refractivity contribution is 9.09. The standard InChI is InChI=1S/C12H20BrN3O2/c1-5-11-10(7-16(3)14-11)12(17)15(2)6-9(13)8-18-4/h7,9H,5-6,8H2,1-4H3. The molecule has 1 aromatic rings. The highest BCUT2D eigenvalue weighted by Crippen LogP contribution is 2.11. The third kappa shape index (κ3) is 3.81. The van der Waals surface area contributed by atoms with Gasteiger partial charge >= 0.3 is 0 Å². The lowest BCUT2D eigenvalue weighted by atomic mass is 10.2. The molecule has 6 heteroatoms. The number of carbonyl (C=O) groups is 1. The summed E-state index contributed by atoms with van der Waals surface area (Å²) >= 11 is 3.48. The van der Waals surface area contributed by atoms with Gasteiger partial charge in [0.05, 0.1) is 22.7 Å². The molecule has 1 amide bonds. The average molecular weight is 318 g/mol. The topological polar surface area (TPSA) is 47.4 Å². The largest absolute Gasteiger partial charge is 0.383 e. The summed E-state index contributed by atoms with van der Waals surface area (Å²) in [5.74, 6) is 0.000466. The van der Waals surface area contributed by atoms with Gasteiger partial charge in [-0.3, -0.25) is 9.48 Å². The summed E-state index contributed by atoms with van der Waals surface area (Å²) in [4.78, 5) is 14.1. The molecule has 0 saturated carbocycles. The number of nitrogens with zero attached hydrogens (tertiary/aromatic N) is 3. The molecule has 1 heterocycles. The smallest absolute Gasteiger partial charge is 0.257 e. The first kappa shape index (κ1) is 15.2. The van der Waals surface area contributed by atoms with Gasteiger partial charge in [0.1, 0.15) is 0 Å². The second kappa shape index (κ2) is 6.89. The highest BCUT2D eigenvalue weighted by Gasteiger charge is 2.20. The van der Waals surface area contributed by atoms with Gasteiger partial charge in [-0.05, 0) is 6.42 Å². The molecular formula is C12H20BrN3O2. The van der Waals surface area contributed by atoms with Crippen LogP contribution in [-0.2, 0) is 18.2 Å². The van der Waals surface area contributed by atoms with Crippen molar-refractivity contribution in [2.75, 3.05) is 27.3 Å².